The molecule has 0 aliphatic rings. The number of amides is 1. The minimum absolute atomic E-state index is 0.206. The first-order valence-electron chi connectivity index (χ1n) is 9.23. The van der Waals surface area contributed by atoms with Gasteiger partial charge in [0.25, 0.3) is 5.91 Å². The number of benzene rings is 1. The third kappa shape index (κ3) is 7.01. The van der Waals surface area contributed by atoms with E-state index in [2.05, 4.69) is 35.7 Å². The van der Waals surface area contributed by atoms with E-state index in [0.717, 1.165) is 24.0 Å². The fourth-order valence-corrected chi connectivity index (χ4v) is 2.65. The summed E-state index contributed by atoms with van der Waals surface area (Å²) >= 11 is 0. The van der Waals surface area contributed by atoms with Crippen molar-refractivity contribution in [2.45, 2.75) is 39.0 Å². The predicted molar refractivity (Wildman–Crippen MR) is 107 cm³/mol. The summed E-state index contributed by atoms with van der Waals surface area (Å²) in [6, 6.07) is 13.8. The van der Waals surface area contributed by atoms with Crippen LogP contribution in [0.15, 0.2) is 65.5 Å². The van der Waals surface area contributed by atoms with E-state index in [-0.39, 0.29) is 5.91 Å². The lowest BCUT2D eigenvalue weighted by Gasteiger charge is -2.03. The molecule has 1 aromatic heterocycles. The highest BCUT2D eigenvalue weighted by Gasteiger charge is 2.07. The van der Waals surface area contributed by atoms with Gasteiger partial charge >= 0.3 is 0 Å². The second kappa shape index (κ2) is 11.0. The zero-order valence-electron chi connectivity index (χ0n) is 15.7. The SMILES string of the molecule is CCCCCCC(C=NNC(=O)c1ccc[n+](C)c1)=Cc1ccccc1. The van der Waals surface area contributed by atoms with Crippen LogP contribution in [0.25, 0.3) is 6.08 Å². The lowest BCUT2D eigenvalue weighted by atomic mass is 10.0. The molecular weight excluding hydrogens is 322 g/mol. The monoisotopic (exact) mass is 350 g/mol. The lowest BCUT2D eigenvalue weighted by Crippen LogP contribution is -2.29. The van der Waals surface area contributed by atoms with Crippen LogP contribution < -0.4 is 9.99 Å². The van der Waals surface area contributed by atoms with Crippen molar-refractivity contribution in [3.63, 3.8) is 0 Å². The third-order valence-electron chi connectivity index (χ3n) is 4.07. The molecule has 0 spiro atoms. The molecule has 1 N–H and O–H groups in total. The number of nitrogens with zero attached hydrogens (tertiary/aromatic N) is 2. The van der Waals surface area contributed by atoms with Crippen LogP contribution in [0, 0.1) is 0 Å². The fourth-order valence-electron chi connectivity index (χ4n) is 2.65. The number of rotatable bonds is 9. The van der Waals surface area contributed by atoms with E-state index in [9.17, 15) is 4.79 Å². The van der Waals surface area contributed by atoms with Crippen LogP contribution in [0.4, 0.5) is 0 Å². The Bertz CT molecular complexity index is 751. The van der Waals surface area contributed by atoms with Gasteiger partial charge in [0.15, 0.2) is 12.4 Å². The molecule has 0 atom stereocenters. The maximum atomic E-state index is 12.2. The van der Waals surface area contributed by atoms with E-state index in [0.29, 0.717) is 5.56 Å². The third-order valence-corrected chi connectivity index (χ3v) is 4.07. The number of allylic oxidation sites excluding steroid dienone is 1. The number of hydrogen-bond donors (Lipinski definition) is 1. The lowest BCUT2D eigenvalue weighted by molar-refractivity contribution is -0.671. The van der Waals surface area contributed by atoms with Crippen molar-refractivity contribution in [1.82, 2.24) is 5.43 Å². The molecule has 136 valence electrons. The van der Waals surface area contributed by atoms with Crippen molar-refractivity contribution in [2.75, 3.05) is 0 Å². The summed E-state index contributed by atoms with van der Waals surface area (Å²) in [5.41, 5.74) is 5.47. The maximum absolute atomic E-state index is 12.2. The molecule has 0 unspecified atom stereocenters. The topological polar surface area (TPSA) is 45.3 Å². The van der Waals surface area contributed by atoms with Crippen molar-refractivity contribution in [2.24, 2.45) is 12.1 Å². The number of aromatic nitrogens is 1. The number of carbonyl (C=O) groups excluding carboxylic acids is 1. The number of carbonyl (C=O) groups is 1. The van der Waals surface area contributed by atoms with Crippen molar-refractivity contribution in [3.8, 4) is 0 Å². The van der Waals surface area contributed by atoms with E-state index in [1.165, 1.54) is 19.3 Å². The molecule has 4 nitrogen and oxygen atoms in total. The molecule has 0 fully saturated rings. The van der Waals surface area contributed by atoms with Gasteiger partial charge in [-0.2, -0.15) is 5.10 Å². The fraction of sp³-hybridized carbons (Fsp3) is 0.318. The molecule has 0 saturated heterocycles. The molecule has 4 heteroatoms. The Kier molecular flexibility index (Phi) is 8.27. The second-order valence-corrected chi connectivity index (χ2v) is 6.40. The van der Waals surface area contributed by atoms with Gasteiger partial charge in [-0.1, -0.05) is 62.6 Å². The molecular formula is C22H28N3O+. The summed E-state index contributed by atoms with van der Waals surface area (Å²) in [7, 11) is 1.89. The zero-order valence-corrected chi connectivity index (χ0v) is 15.7. The first kappa shape index (κ1) is 19.6. The van der Waals surface area contributed by atoms with Gasteiger partial charge in [-0.25, -0.2) is 9.99 Å². The largest absolute Gasteiger partial charge is 0.277 e. The summed E-state index contributed by atoms with van der Waals surface area (Å²) in [4.78, 5) is 12.2. The van der Waals surface area contributed by atoms with Crippen molar-refractivity contribution in [1.29, 1.82) is 0 Å². The predicted octanol–water partition coefficient (Wildman–Crippen LogP) is 4.28. The van der Waals surface area contributed by atoms with Crippen LogP contribution in [-0.2, 0) is 7.05 Å². The van der Waals surface area contributed by atoms with Gasteiger partial charge in [0, 0.05) is 6.07 Å². The number of nitrogens with one attached hydrogen (secondary N) is 1. The van der Waals surface area contributed by atoms with E-state index in [1.807, 2.05) is 42.1 Å². The Hall–Kier alpha value is -2.75. The van der Waals surface area contributed by atoms with Gasteiger partial charge in [0.2, 0.25) is 0 Å². The summed E-state index contributed by atoms with van der Waals surface area (Å²) in [5, 5.41) is 4.17. The van der Waals surface area contributed by atoms with Crippen molar-refractivity contribution in [3.05, 3.63) is 71.6 Å². The molecule has 1 amide bonds. The quantitative estimate of drug-likeness (QED) is 0.312. The summed E-state index contributed by atoms with van der Waals surface area (Å²) < 4.78 is 1.84. The number of hydrazone groups is 1. The molecule has 1 heterocycles. The van der Waals surface area contributed by atoms with Crippen LogP contribution in [0.5, 0.6) is 0 Å². The molecule has 0 aliphatic heterocycles. The van der Waals surface area contributed by atoms with E-state index < -0.39 is 0 Å². The summed E-state index contributed by atoms with van der Waals surface area (Å²) in [5.74, 6) is -0.206. The Labute approximate surface area is 156 Å². The van der Waals surface area contributed by atoms with Gasteiger partial charge in [-0.05, 0) is 30.0 Å². The number of pyridine rings is 1. The van der Waals surface area contributed by atoms with E-state index in [4.69, 9.17) is 0 Å². The Balaban J connectivity index is 2.01. The van der Waals surface area contributed by atoms with Gasteiger partial charge in [-0.3, -0.25) is 4.79 Å². The maximum Gasteiger partial charge on any atom is 0.277 e. The standard InChI is InChI=1S/C22H27N3O/c1-3-4-5-7-13-20(16-19-11-8-6-9-12-19)17-23-24-22(26)21-14-10-15-25(2)18-21/h6,8-12,14-18H,3-5,7,13H2,1-2H3/p+1. The molecule has 2 rings (SSSR count). The first-order chi connectivity index (χ1) is 12.7. The highest BCUT2D eigenvalue weighted by molar-refractivity contribution is 5.94. The zero-order chi connectivity index (χ0) is 18.6. The van der Waals surface area contributed by atoms with Gasteiger partial charge in [0.1, 0.15) is 12.6 Å². The number of aryl methyl sites for hydroxylation is 1. The van der Waals surface area contributed by atoms with Crippen LogP contribution in [0.3, 0.4) is 0 Å². The number of hydrogen-bond acceptors (Lipinski definition) is 2. The Morgan fingerprint density at radius 2 is 1.92 bits per heavy atom. The van der Waals surface area contributed by atoms with Crippen molar-refractivity contribution >= 4 is 18.2 Å². The smallest absolute Gasteiger partial charge is 0.267 e. The van der Waals surface area contributed by atoms with Crippen LogP contribution in [-0.4, -0.2) is 12.1 Å². The average molecular weight is 350 g/mol. The highest BCUT2D eigenvalue weighted by atomic mass is 16.2. The van der Waals surface area contributed by atoms with E-state index in [1.54, 1.807) is 18.5 Å². The summed E-state index contributed by atoms with van der Waals surface area (Å²) in [6.07, 6.45) is 13.3. The minimum Gasteiger partial charge on any atom is -0.267 e. The molecule has 0 bridgehead atoms. The molecule has 0 aliphatic carbocycles. The Morgan fingerprint density at radius 1 is 1.12 bits per heavy atom. The number of unbranched alkanes of at least 4 members (excludes halogenated alkanes) is 3. The average Bonchev–Trinajstić information content (AvgIpc) is 2.65. The second-order valence-electron chi connectivity index (χ2n) is 6.40. The first-order valence-corrected chi connectivity index (χ1v) is 9.23. The van der Waals surface area contributed by atoms with Crippen molar-refractivity contribution < 1.29 is 9.36 Å². The van der Waals surface area contributed by atoms with Crippen LogP contribution in [0.1, 0.15) is 54.9 Å². The molecule has 2 aromatic rings. The molecule has 26 heavy (non-hydrogen) atoms. The molecule has 0 radical (unpaired) electrons. The van der Waals surface area contributed by atoms with Gasteiger partial charge in [-0.15, -0.1) is 0 Å². The normalized spacial score (nSPS) is 11.7. The van der Waals surface area contributed by atoms with E-state index >= 15 is 0 Å². The molecule has 0 saturated carbocycles. The molecule has 1 aromatic carbocycles. The minimum atomic E-state index is -0.206. The Morgan fingerprint density at radius 3 is 2.65 bits per heavy atom. The summed E-state index contributed by atoms with van der Waals surface area (Å²) in [6.45, 7) is 2.21. The van der Waals surface area contributed by atoms with Crippen LogP contribution >= 0.6 is 0 Å². The van der Waals surface area contributed by atoms with Crippen LogP contribution in [0.2, 0.25) is 0 Å². The van der Waals surface area contributed by atoms with Gasteiger partial charge in [0.05, 0.1) is 6.21 Å². The van der Waals surface area contributed by atoms with Gasteiger partial charge < -0.3 is 0 Å². The highest BCUT2D eigenvalue weighted by Crippen LogP contribution is 2.13.